The van der Waals surface area contributed by atoms with Crippen LogP contribution in [0.15, 0.2) is 77.5 Å². The Bertz CT molecular complexity index is 1640. The van der Waals surface area contributed by atoms with Gasteiger partial charge < -0.3 is 24.4 Å². The van der Waals surface area contributed by atoms with Crippen molar-refractivity contribution in [3.8, 4) is 11.8 Å². The molecule has 0 saturated carbocycles. The highest BCUT2D eigenvalue weighted by Crippen LogP contribution is 2.33. The van der Waals surface area contributed by atoms with E-state index in [4.69, 9.17) is 24.7 Å². The number of carbonyl (C=O) groups is 2. The van der Waals surface area contributed by atoms with Crippen LogP contribution in [0.5, 0.6) is 5.75 Å². The van der Waals surface area contributed by atoms with Gasteiger partial charge >= 0.3 is 11.9 Å². The molecule has 5 rings (SSSR count). The van der Waals surface area contributed by atoms with Crippen LogP contribution in [0, 0.1) is 17.2 Å². The van der Waals surface area contributed by atoms with Crippen LogP contribution in [0.2, 0.25) is 0 Å². The van der Waals surface area contributed by atoms with Gasteiger partial charge in [-0.2, -0.15) is 5.26 Å². The average Bonchev–Trinajstić information content (AvgIpc) is 3.47. The summed E-state index contributed by atoms with van der Waals surface area (Å²) < 4.78 is 12.1. The van der Waals surface area contributed by atoms with Gasteiger partial charge in [0.25, 0.3) is 0 Å². The lowest BCUT2D eigenvalue weighted by molar-refractivity contribution is -0.134. The SMILES string of the molecule is CN(C)Cc1c(OCc2ccc(C#N)cn2)ccc2c(CCC3CCN(Cc4ccccc4)CC3)noc12.O=C(O)/C=C/C(=O)O. The first kappa shape index (κ1) is 33.8. The van der Waals surface area contributed by atoms with E-state index in [9.17, 15) is 9.59 Å². The molecule has 0 spiro atoms. The highest BCUT2D eigenvalue weighted by Gasteiger charge is 2.22. The van der Waals surface area contributed by atoms with Crippen LogP contribution in [0.3, 0.4) is 0 Å². The monoisotopic (exact) mass is 625 g/mol. The third-order valence-corrected chi connectivity index (χ3v) is 7.69. The van der Waals surface area contributed by atoms with E-state index in [2.05, 4.69) is 62.4 Å². The lowest BCUT2D eigenvalue weighted by atomic mass is 9.91. The van der Waals surface area contributed by atoms with Crippen molar-refractivity contribution in [3.63, 3.8) is 0 Å². The summed E-state index contributed by atoms with van der Waals surface area (Å²) in [4.78, 5) is 28.1. The van der Waals surface area contributed by atoms with Crippen molar-refractivity contribution in [1.82, 2.24) is 19.9 Å². The molecule has 2 aromatic carbocycles. The van der Waals surface area contributed by atoms with E-state index in [-0.39, 0.29) is 0 Å². The molecule has 1 aliphatic heterocycles. The predicted molar refractivity (Wildman–Crippen MR) is 172 cm³/mol. The Kier molecular flexibility index (Phi) is 12.4. The summed E-state index contributed by atoms with van der Waals surface area (Å²) in [5, 5.41) is 30.2. The third kappa shape index (κ3) is 10.3. The number of rotatable bonds is 12. The highest BCUT2D eigenvalue weighted by atomic mass is 16.5. The number of fused-ring (bicyclic) bond motifs is 1. The maximum Gasteiger partial charge on any atom is 0.328 e. The van der Waals surface area contributed by atoms with Gasteiger partial charge in [-0.05, 0) is 88.6 Å². The normalized spacial score (nSPS) is 13.8. The van der Waals surface area contributed by atoms with Gasteiger partial charge in [0.2, 0.25) is 0 Å². The molecule has 0 amide bonds. The van der Waals surface area contributed by atoms with Crippen molar-refractivity contribution in [3.05, 3.63) is 101 Å². The van der Waals surface area contributed by atoms with Crippen LogP contribution in [0.25, 0.3) is 11.0 Å². The summed E-state index contributed by atoms with van der Waals surface area (Å²) in [6.45, 7) is 4.35. The number of likely N-dealkylation sites (tertiary alicyclic amines) is 1. The molecule has 4 aromatic rings. The highest BCUT2D eigenvalue weighted by molar-refractivity contribution is 5.89. The zero-order valence-electron chi connectivity index (χ0n) is 26.1. The lowest BCUT2D eigenvalue weighted by Crippen LogP contribution is -2.33. The minimum absolute atomic E-state index is 0.321. The third-order valence-electron chi connectivity index (χ3n) is 7.69. The predicted octanol–water partition coefficient (Wildman–Crippen LogP) is 5.29. The molecule has 0 bridgehead atoms. The first-order valence-corrected chi connectivity index (χ1v) is 15.1. The molecule has 11 nitrogen and oxygen atoms in total. The van der Waals surface area contributed by atoms with Crippen molar-refractivity contribution in [2.75, 3.05) is 27.2 Å². The van der Waals surface area contributed by atoms with Gasteiger partial charge in [-0.15, -0.1) is 0 Å². The Balaban J connectivity index is 0.000000533. The number of nitriles is 1. The Hall–Kier alpha value is -5.05. The molecule has 240 valence electrons. The topological polar surface area (TPSA) is 153 Å². The molecule has 0 radical (unpaired) electrons. The summed E-state index contributed by atoms with van der Waals surface area (Å²) >= 11 is 0. The van der Waals surface area contributed by atoms with E-state index in [1.165, 1.54) is 18.4 Å². The number of nitrogens with zero attached hydrogens (tertiary/aromatic N) is 5. The van der Waals surface area contributed by atoms with Gasteiger partial charge in [0.15, 0.2) is 5.58 Å². The van der Waals surface area contributed by atoms with Gasteiger partial charge in [0.1, 0.15) is 18.4 Å². The number of carboxylic acids is 2. The number of aryl methyl sites for hydroxylation is 1. The van der Waals surface area contributed by atoms with Crippen LogP contribution in [0.4, 0.5) is 0 Å². The van der Waals surface area contributed by atoms with Crippen LogP contribution < -0.4 is 4.74 Å². The molecule has 11 heteroatoms. The summed E-state index contributed by atoms with van der Waals surface area (Å²) in [6, 6.07) is 20.5. The Morgan fingerprint density at radius 2 is 1.78 bits per heavy atom. The van der Waals surface area contributed by atoms with E-state index in [1.807, 2.05) is 26.2 Å². The summed E-state index contributed by atoms with van der Waals surface area (Å²) in [5.41, 5.74) is 5.53. The number of carboxylic acid groups (broad SMARTS) is 2. The molecule has 2 N–H and O–H groups in total. The van der Waals surface area contributed by atoms with Gasteiger partial charge in [-0.3, -0.25) is 9.88 Å². The summed E-state index contributed by atoms with van der Waals surface area (Å²) in [7, 11) is 4.07. The van der Waals surface area contributed by atoms with Crippen LogP contribution >= 0.6 is 0 Å². The Morgan fingerprint density at radius 3 is 2.39 bits per heavy atom. The fraction of sp³-hybridized carbons (Fsp3) is 0.343. The van der Waals surface area contributed by atoms with Crippen LogP contribution in [-0.4, -0.2) is 69.3 Å². The molecule has 1 saturated heterocycles. The van der Waals surface area contributed by atoms with Crippen molar-refractivity contribution < 1.29 is 29.1 Å². The standard InChI is InChI=1S/C31H35N5O2.C4H4O4/c1-35(2)21-28-30(37-22-26-10-8-25(18-32)19-33-26)13-11-27-29(34-38-31(27)28)12-9-23-14-16-36(17-15-23)20-24-6-4-3-5-7-24;5-3(6)1-2-4(7)8/h3-8,10-11,13,19,23H,9,12,14-17,20-22H2,1-2H3;1-2H,(H,5,6)(H,7,8)/b;2-1+. The van der Waals surface area contributed by atoms with E-state index >= 15 is 0 Å². The van der Waals surface area contributed by atoms with Crippen LogP contribution in [0.1, 0.15) is 47.3 Å². The number of benzene rings is 2. The zero-order chi connectivity index (χ0) is 32.9. The molecule has 0 aliphatic carbocycles. The van der Waals surface area contributed by atoms with Gasteiger partial charge in [0, 0.05) is 36.8 Å². The summed E-state index contributed by atoms with van der Waals surface area (Å²) in [5.74, 6) is -1.02. The molecular formula is C35H39N5O6. The molecule has 0 unspecified atom stereocenters. The number of aromatic nitrogens is 2. The summed E-state index contributed by atoms with van der Waals surface area (Å²) in [6.07, 6.45) is 7.20. The van der Waals surface area contributed by atoms with E-state index in [0.717, 1.165) is 72.1 Å². The minimum Gasteiger partial charge on any atom is -0.487 e. The fourth-order valence-corrected chi connectivity index (χ4v) is 5.36. The Labute approximate surface area is 268 Å². The van der Waals surface area contributed by atoms with Crippen molar-refractivity contribution in [1.29, 1.82) is 5.26 Å². The number of ether oxygens (including phenoxy) is 1. The van der Waals surface area contributed by atoms with Gasteiger partial charge in [0.05, 0.1) is 22.5 Å². The number of hydrogen-bond donors (Lipinski definition) is 2. The van der Waals surface area contributed by atoms with E-state index in [1.54, 1.807) is 12.3 Å². The second-order valence-electron chi connectivity index (χ2n) is 11.5. The number of aliphatic carboxylic acids is 2. The molecule has 46 heavy (non-hydrogen) atoms. The van der Waals surface area contributed by atoms with Gasteiger partial charge in [-0.25, -0.2) is 9.59 Å². The maximum atomic E-state index is 9.55. The average molecular weight is 626 g/mol. The molecule has 2 aromatic heterocycles. The number of pyridine rings is 1. The van der Waals surface area contributed by atoms with Crippen LogP contribution in [-0.2, 0) is 35.7 Å². The minimum atomic E-state index is -1.26. The zero-order valence-corrected chi connectivity index (χ0v) is 26.1. The maximum absolute atomic E-state index is 9.55. The smallest absolute Gasteiger partial charge is 0.328 e. The first-order chi connectivity index (χ1) is 22.2. The molecule has 3 heterocycles. The van der Waals surface area contributed by atoms with Crippen molar-refractivity contribution in [2.45, 2.75) is 45.4 Å². The van der Waals surface area contributed by atoms with E-state index < -0.39 is 11.9 Å². The van der Waals surface area contributed by atoms with E-state index in [0.29, 0.717) is 30.9 Å². The largest absolute Gasteiger partial charge is 0.487 e. The molecule has 0 atom stereocenters. The lowest BCUT2D eigenvalue weighted by Gasteiger charge is -2.31. The molecule has 1 aliphatic rings. The number of piperidine rings is 1. The first-order valence-electron chi connectivity index (χ1n) is 15.1. The van der Waals surface area contributed by atoms with Crippen molar-refractivity contribution >= 4 is 22.9 Å². The molecular weight excluding hydrogens is 586 g/mol. The Morgan fingerprint density at radius 1 is 1.07 bits per heavy atom. The molecule has 1 fully saturated rings. The second kappa shape index (κ2) is 16.9. The van der Waals surface area contributed by atoms with Gasteiger partial charge in [-0.1, -0.05) is 35.5 Å². The fourth-order valence-electron chi connectivity index (χ4n) is 5.36. The quantitative estimate of drug-likeness (QED) is 0.197. The second-order valence-corrected chi connectivity index (χ2v) is 11.5. The van der Waals surface area contributed by atoms with Crippen molar-refractivity contribution in [2.24, 2.45) is 5.92 Å². The number of hydrogen-bond acceptors (Lipinski definition) is 9.